The van der Waals surface area contributed by atoms with Crippen LogP contribution in [0.3, 0.4) is 0 Å². The van der Waals surface area contributed by atoms with E-state index in [1.165, 1.54) is 24.7 Å². The van der Waals surface area contributed by atoms with Gasteiger partial charge in [-0.3, -0.25) is 9.97 Å². The van der Waals surface area contributed by atoms with Crippen LogP contribution in [0.25, 0.3) is 0 Å². The highest BCUT2D eigenvalue weighted by Gasteiger charge is 2.19. The van der Waals surface area contributed by atoms with E-state index in [0.717, 1.165) is 0 Å². The summed E-state index contributed by atoms with van der Waals surface area (Å²) in [6, 6.07) is 4.52. The van der Waals surface area contributed by atoms with Crippen LogP contribution in [0.4, 0.5) is 4.39 Å². The summed E-state index contributed by atoms with van der Waals surface area (Å²) in [7, 11) is 0. The maximum absolute atomic E-state index is 13.5. The van der Waals surface area contributed by atoms with Crippen molar-refractivity contribution in [1.82, 2.24) is 9.97 Å². The summed E-state index contributed by atoms with van der Waals surface area (Å²) in [5, 5.41) is 9.98. The zero-order valence-electron chi connectivity index (χ0n) is 8.14. The van der Waals surface area contributed by atoms with Crippen molar-refractivity contribution in [1.29, 1.82) is 0 Å². The Kier molecular flexibility index (Phi) is 3.26. The number of halogens is 2. The first-order valence-corrected chi connectivity index (χ1v) is 5.37. The van der Waals surface area contributed by atoms with Crippen molar-refractivity contribution in [2.24, 2.45) is 0 Å². The lowest BCUT2D eigenvalue weighted by molar-refractivity contribution is 0.208. The number of aliphatic hydroxyl groups excluding tert-OH is 1. The smallest absolute Gasteiger partial charge is 0.130 e. The molecule has 82 valence electrons. The number of benzene rings is 1. The van der Waals surface area contributed by atoms with Gasteiger partial charge in [-0.2, -0.15) is 0 Å². The minimum Gasteiger partial charge on any atom is -0.382 e. The fraction of sp³-hybridized carbons (Fsp3) is 0.0909. The Morgan fingerprint density at radius 3 is 2.75 bits per heavy atom. The van der Waals surface area contributed by atoms with E-state index in [4.69, 9.17) is 0 Å². The zero-order valence-corrected chi connectivity index (χ0v) is 9.73. The molecule has 0 radical (unpaired) electrons. The van der Waals surface area contributed by atoms with E-state index < -0.39 is 11.9 Å². The molecule has 1 atom stereocenters. The Labute approximate surface area is 100 Å². The van der Waals surface area contributed by atoms with Crippen LogP contribution in [0.5, 0.6) is 0 Å². The van der Waals surface area contributed by atoms with Crippen LogP contribution < -0.4 is 0 Å². The van der Waals surface area contributed by atoms with Crippen LogP contribution in [0.1, 0.15) is 17.4 Å². The lowest BCUT2D eigenvalue weighted by Gasteiger charge is -2.12. The molecule has 0 aliphatic rings. The Hall–Kier alpha value is -1.33. The molecule has 5 heteroatoms. The van der Waals surface area contributed by atoms with Crippen LogP contribution in [-0.2, 0) is 0 Å². The molecule has 0 aliphatic heterocycles. The highest BCUT2D eigenvalue weighted by atomic mass is 79.9. The summed E-state index contributed by atoms with van der Waals surface area (Å²) < 4.78 is 14.1. The summed E-state index contributed by atoms with van der Waals surface area (Å²) in [5.74, 6) is -0.479. The summed E-state index contributed by atoms with van der Waals surface area (Å²) in [5.41, 5.74) is 0.483. The SMILES string of the molecule is OC(c1cnccn1)c1c(F)cccc1Br. The minimum absolute atomic E-state index is 0.169. The molecule has 0 bridgehead atoms. The maximum Gasteiger partial charge on any atom is 0.130 e. The maximum atomic E-state index is 13.5. The standard InChI is InChI=1S/C11H8BrFN2O/c12-7-2-1-3-8(13)10(7)11(16)9-6-14-4-5-15-9/h1-6,11,16H. The summed E-state index contributed by atoms with van der Waals surface area (Å²) >= 11 is 3.20. The minimum atomic E-state index is -1.12. The third-order valence-corrected chi connectivity index (χ3v) is 2.83. The molecule has 16 heavy (non-hydrogen) atoms. The number of nitrogens with zero attached hydrogens (tertiary/aromatic N) is 2. The van der Waals surface area contributed by atoms with Gasteiger partial charge in [0.25, 0.3) is 0 Å². The van der Waals surface area contributed by atoms with Gasteiger partial charge in [0.15, 0.2) is 0 Å². The highest BCUT2D eigenvalue weighted by Crippen LogP contribution is 2.29. The van der Waals surface area contributed by atoms with Crippen LogP contribution in [-0.4, -0.2) is 15.1 Å². The molecular formula is C11H8BrFN2O. The lowest BCUT2D eigenvalue weighted by atomic mass is 10.1. The van der Waals surface area contributed by atoms with Gasteiger partial charge in [-0.1, -0.05) is 22.0 Å². The van der Waals surface area contributed by atoms with Gasteiger partial charge in [0.2, 0.25) is 0 Å². The zero-order chi connectivity index (χ0) is 11.5. The van der Waals surface area contributed by atoms with Crippen LogP contribution >= 0.6 is 15.9 Å². The molecule has 1 heterocycles. The molecule has 1 aromatic carbocycles. The Morgan fingerprint density at radius 1 is 1.31 bits per heavy atom. The van der Waals surface area contributed by atoms with Crippen molar-refractivity contribution in [3.63, 3.8) is 0 Å². The predicted octanol–water partition coefficient (Wildman–Crippen LogP) is 2.46. The van der Waals surface area contributed by atoms with Gasteiger partial charge >= 0.3 is 0 Å². The topological polar surface area (TPSA) is 46.0 Å². The molecule has 0 fully saturated rings. The van der Waals surface area contributed by atoms with E-state index in [-0.39, 0.29) is 5.56 Å². The third-order valence-electron chi connectivity index (χ3n) is 2.14. The average molecular weight is 283 g/mol. The normalized spacial score (nSPS) is 12.4. The molecule has 0 saturated heterocycles. The first kappa shape index (κ1) is 11.2. The molecule has 0 spiro atoms. The Bertz CT molecular complexity index is 472. The number of rotatable bonds is 2. The summed E-state index contributed by atoms with van der Waals surface area (Å²) in [6.07, 6.45) is 3.23. The Morgan fingerprint density at radius 2 is 2.12 bits per heavy atom. The molecule has 1 aromatic heterocycles. The van der Waals surface area contributed by atoms with E-state index in [1.54, 1.807) is 12.1 Å². The van der Waals surface area contributed by atoms with Gasteiger partial charge < -0.3 is 5.11 Å². The number of hydrogen-bond acceptors (Lipinski definition) is 3. The quantitative estimate of drug-likeness (QED) is 0.920. The van der Waals surface area contributed by atoms with Crippen LogP contribution in [0, 0.1) is 5.82 Å². The largest absolute Gasteiger partial charge is 0.382 e. The second kappa shape index (κ2) is 4.67. The Balaban J connectivity index is 2.46. The third kappa shape index (κ3) is 2.10. The molecule has 1 unspecified atom stereocenters. The monoisotopic (exact) mass is 282 g/mol. The second-order valence-corrected chi connectivity index (χ2v) is 4.02. The van der Waals surface area contributed by atoms with Gasteiger partial charge in [0, 0.05) is 22.4 Å². The predicted molar refractivity (Wildman–Crippen MR) is 60.2 cm³/mol. The van der Waals surface area contributed by atoms with Crippen molar-refractivity contribution in [2.75, 3.05) is 0 Å². The molecule has 2 rings (SSSR count). The number of aromatic nitrogens is 2. The molecule has 0 amide bonds. The van der Waals surface area contributed by atoms with Crippen molar-refractivity contribution >= 4 is 15.9 Å². The van der Waals surface area contributed by atoms with E-state index >= 15 is 0 Å². The lowest BCUT2D eigenvalue weighted by Crippen LogP contribution is -2.06. The van der Waals surface area contributed by atoms with Crippen LogP contribution in [0.2, 0.25) is 0 Å². The molecule has 2 aromatic rings. The highest BCUT2D eigenvalue weighted by molar-refractivity contribution is 9.10. The molecule has 1 N–H and O–H groups in total. The van der Waals surface area contributed by atoms with E-state index in [1.807, 2.05) is 0 Å². The van der Waals surface area contributed by atoms with Crippen molar-refractivity contribution in [3.05, 3.63) is 58.3 Å². The van der Waals surface area contributed by atoms with Crippen molar-refractivity contribution < 1.29 is 9.50 Å². The first-order chi connectivity index (χ1) is 7.70. The van der Waals surface area contributed by atoms with Gasteiger partial charge in [-0.15, -0.1) is 0 Å². The van der Waals surface area contributed by atoms with E-state index in [9.17, 15) is 9.50 Å². The van der Waals surface area contributed by atoms with Gasteiger partial charge in [-0.05, 0) is 12.1 Å². The van der Waals surface area contributed by atoms with Gasteiger partial charge in [0.1, 0.15) is 11.9 Å². The van der Waals surface area contributed by atoms with Crippen molar-refractivity contribution in [3.8, 4) is 0 Å². The van der Waals surface area contributed by atoms with Crippen LogP contribution in [0.15, 0.2) is 41.3 Å². The van der Waals surface area contributed by atoms with Gasteiger partial charge in [0.05, 0.1) is 11.9 Å². The number of aliphatic hydroxyl groups is 1. The van der Waals surface area contributed by atoms with E-state index in [2.05, 4.69) is 25.9 Å². The summed E-state index contributed by atoms with van der Waals surface area (Å²) in [6.45, 7) is 0. The fourth-order valence-corrected chi connectivity index (χ4v) is 1.93. The van der Waals surface area contributed by atoms with E-state index in [0.29, 0.717) is 10.2 Å². The molecular weight excluding hydrogens is 275 g/mol. The second-order valence-electron chi connectivity index (χ2n) is 3.17. The molecule has 0 saturated carbocycles. The average Bonchev–Trinajstić information content (AvgIpc) is 2.30. The molecule has 0 aliphatic carbocycles. The summed E-state index contributed by atoms with van der Waals surface area (Å²) in [4.78, 5) is 7.77. The first-order valence-electron chi connectivity index (χ1n) is 4.58. The fourth-order valence-electron chi connectivity index (χ4n) is 1.37. The van der Waals surface area contributed by atoms with Crippen molar-refractivity contribution in [2.45, 2.75) is 6.10 Å². The number of hydrogen-bond donors (Lipinski definition) is 1. The molecule has 3 nitrogen and oxygen atoms in total. The van der Waals surface area contributed by atoms with Gasteiger partial charge in [-0.25, -0.2) is 4.39 Å².